The second-order valence-corrected chi connectivity index (χ2v) is 10.9. The molecule has 4 rings (SSSR count). The topological polar surface area (TPSA) is 32.3 Å². The van der Waals surface area contributed by atoms with E-state index in [0.717, 1.165) is 11.1 Å². The van der Waals surface area contributed by atoms with Gasteiger partial charge in [-0.1, -0.05) is 0 Å². The van der Waals surface area contributed by atoms with Crippen molar-refractivity contribution in [1.82, 2.24) is 3.53 Å². The fraction of sp³-hybridized carbons (Fsp3) is 0.263. The molecule has 24 heavy (non-hydrogen) atoms. The van der Waals surface area contributed by atoms with Crippen molar-refractivity contribution < 1.29 is 26.0 Å². The van der Waals surface area contributed by atoms with E-state index in [1.165, 1.54) is 43.1 Å². The maximum atomic E-state index is 12.1. The molecule has 126 valence electrons. The summed E-state index contributed by atoms with van der Waals surface area (Å²) in [7, 11) is 0. The van der Waals surface area contributed by atoms with E-state index < -0.39 is 21.0 Å². The number of nitrogens with zero attached hydrogens (tertiary/aromatic N) is 1. The Labute approximate surface area is 163 Å². The zero-order valence-electron chi connectivity index (χ0n) is 13.3. The Hall–Kier alpha value is -0.960. The standard InChI is InChI=1S/C19H19I2N2O/c24-19-17-6-2-1-5-16(17)18(21-22-19)14-7-9-15(10-8-14)23-12-4-3-11-20-13-23/h1-2,5-10H,3-4,11-13H2,(H,22,24)/q-1. The molecule has 2 heterocycles. The van der Waals surface area contributed by atoms with Crippen molar-refractivity contribution in [2.75, 3.05) is 20.4 Å². The number of hydrogen-bond donors (Lipinski definition) is 1. The Bertz CT molecular complexity index is 778. The van der Waals surface area contributed by atoms with E-state index in [1.807, 2.05) is 18.2 Å². The van der Waals surface area contributed by atoms with E-state index in [0.29, 0.717) is 21.2 Å². The predicted molar refractivity (Wildman–Crippen MR) is 104 cm³/mol. The average Bonchev–Trinajstić information content (AvgIpc) is 2.92. The van der Waals surface area contributed by atoms with Crippen molar-refractivity contribution >= 4 is 36.1 Å². The van der Waals surface area contributed by atoms with Gasteiger partial charge in [0, 0.05) is 0 Å². The summed E-state index contributed by atoms with van der Waals surface area (Å²) in [6.45, 7) is 1.20. The quantitative estimate of drug-likeness (QED) is 0.259. The maximum absolute atomic E-state index is 12.1. The molecule has 2 aliphatic rings. The summed E-state index contributed by atoms with van der Waals surface area (Å²) in [5, 5.41) is 0. The first-order valence-electron chi connectivity index (χ1n) is 8.12. The summed E-state index contributed by atoms with van der Waals surface area (Å²) in [6.07, 6.45) is 2.73. The van der Waals surface area contributed by atoms with Crippen LogP contribution in [-0.2, 0) is 0 Å². The molecule has 0 unspecified atom stereocenters. The van der Waals surface area contributed by atoms with Gasteiger partial charge in [-0.3, -0.25) is 0 Å². The molecule has 1 amide bonds. The van der Waals surface area contributed by atoms with Crippen LogP contribution in [0.15, 0.2) is 48.5 Å². The van der Waals surface area contributed by atoms with Crippen LogP contribution in [0.4, 0.5) is 5.69 Å². The Morgan fingerprint density at radius 1 is 1.00 bits per heavy atom. The molecule has 0 spiro atoms. The second kappa shape index (κ2) is 7.51. The minimum absolute atomic E-state index is 0.0762. The summed E-state index contributed by atoms with van der Waals surface area (Å²) >= 11 is -0.141. The Kier molecular flexibility index (Phi) is 5.17. The van der Waals surface area contributed by atoms with Gasteiger partial charge in [0.1, 0.15) is 0 Å². The van der Waals surface area contributed by atoms with Crippen molar-refractivity contribution in [2.45, 2.75) is 12.8 Å². The molecule has 2 aromatic carbocycles. The van der Waals surface area contributed by atoms with Crippen LogP contribution in [0.1, 0.15) is 34.3 Å². The van der Waals surface area contributed by atoms with Gasteiger partial charge in [-0.25, -0.2) is 0 Å². The van der Waals surface area contributed by atoms with Crippen LogP contribution in [0, 0.1) is 0 Å². The van der Waals surface area contributed by atoms with Crippen LogP contribution < -0.4 is 29.6 Å². The number of rotatable bonds is 2. The number of alkyl halides is 2. The molecule has 0 saturated carbocycles. The number of fused-ring (bicyclic) bond motifs is 1. The number of amides is 1. The normalized spacial score (nSPS) is 18.2. The van der Waals surface area contributed by atoms with Crippen LogP contribution >= 0.6 is 21.0 Å². The van der Waals surface area contributed by atoms with E-state index in [1.54, 1.807) is 0 Å². The number of benzene rings is 2. The zero-order chi connectivity index (χ0) is 16.4. The molecule has 1 saturated heterocycles. The molecule has 3 nitrogen and oxygen atoms in total. The van der Waals surface area contributed by atoms with Crippen LogP contribution in [-0.4, -0.2) is 24.9 Å². The van der Waals surface area contributed by atoms with Gasteiger partial charge in [-0.2, -0.15) is 0 Å². The van der Waals surface area contributed by atoms with Crippen molar-refractivity contribution in [2.24, 2.45) is 0 Å². The first kappa shape index (κ1) is 16.5. The molecule has 0 radical (unpaired) electrons. The molecule has 0 aliphatic carbocycles. The van der Waals surface area contributed by atoms with E-state index >= 15 is 0 Å². The fourth-order valence-corrected chi connectivity index (χ4v) is 7.98. The van der Waals surface area contributed by atoms with Crippen molar-refractivity contribution in [3.63, 3.8) is 0 Å². The van der Waals surface area contributed by atoms with Crippen molar-refractivity contribution in [1.29, 1.82) is 0 Å². The minimum atomic E-state index is -0.480. The predicted octanol–water partition coefficient (Wildman–Crippen LogP) is 0.531. The molecular formula is C19H19I2N2O-. The average molecular weight is 545 g/mol. The fourth-order valence-electron chi connectivity index (χ4n) is 3.00. The number of carbonyl (C=O) groups excluding carboxylic acids is 1. The van der Waals surface area contributed by atoms with Gasteiger partial charge in [0.15, 0.2) is 0 Å². The summed E-state index contributed by atoms with van der Waals surface area (Å²) in [5.74, 6) is 0.0762. The van der Waals surface area contributed by atoms with Gasteiger partial charge < -0.3 is 0 Å². The van der Waals surface area contributed by atoms with Crippen LogP contribution in [0.25, 0.3) is 0 Å². The molecule has 2 aliphatic heterocycles. The molecular weight excluding hydrogens is 526 g/mol. The van der Waals surface area contributed by atoms with Gasteiger partial charge in [-0.15, -0.1) is 0 Å². The molecule has 1 N–H and O–H groups in total. The van der Waals surface area contributed by atoms with Crippen molar-refractivity contribution in [3.8, 4) is 0 Å². The molecule has 0 bridgehead atoms. The molecule has 2 aromatic rings. The molecule has 0 aromatic heterocycles. The van der Waals surface area contributed by atoms with E-state index in [2.05, 4.69) is 38.8 Å². The van der Waals surface area contributed by atoms with Crippen LogP contribution in [0.5, 0.6) is 0 Å². The third-order valence-electron chi connectivity index (χ3n) is 4.30. The van der Waals surface area contributed by atoms with Gasteiger partial charge in [0.05, 0.1) is 0 Å². The Morgan fingerprint density at radius 3 is 2.62 bits per heavy atom. The summed E-state index contributed by atoms with van der Waals surface area (Å²) in [5.41, 5.74) is 4.53. The number of halogens is 2. The third-order valence-corrected chi connectivity index (χ3v) is 9.63. The van der Waals surface area contributed by atoms with E-state index in [9.17, 15) is 4.79 Å². The van der Waals surface area contributed by atoms with Gasteiger partial charge in [0.2, 0.25) is 0 Å². The third kappa shape index (κ3) is 3.37. The van der Waals surface area contributed by atoms with Gasteiger partial charge in [0.25, 0.3) is 0 Å². The summed E-state index contributed by atoms with van der Waals surface area (Å²) in [4.78, 5) is 14.6. The summed E-state index contributed by atoms with van der Waals surface area (Å²) < 4.78 is 7.16. The number of anilines is 1. The zero-order valence-corrected chi connectivity index (χ0v) is 17.6. The van der Waals surface area contributed by atoms with Crippen molar-refractivity contribution in [3.05, 3.63) is 65.2 Å². The molecule has 1 fully saturated rings. The molecule has 0 atom stereocenters. The Morgan fingerprint density at radius 2 is 1.79 bits per heavy atom. The first-order valence-corrected chi connectivity index (χ1v) is 13.3. The van der Waals surface area contributed by atoms with Gasteiger partial charge >= 0.3 is 164 Å². The SMILES string of the molecule is O=C1NI=C(c2ccc(N3CCCC[I-]C3)cc2)c2ccccc21. The molecule has 5 heteroatoms. The van der Waals surface area contributed by atoms with Crippen LogP contribution in [0.2, 0.25) is 0 Å². The monoisotopic (exact) mass is 545 g/mol. The second-order valence-electron chi connectivity index (χ2n) is 5.89. The van der Waals surface area contributed by atoms with E-state index in [-0.39, 0.29) is 5.91 Å². The van der Waals surface area contributed by atoms with E-state index in [4.69, 9.17) is 0 Å². The van der Waals surface area contributed by atoms with Gasteiger partial charge in [-0.05, 0) is 0 Å². The Balaban J connectivity index is 1.62. The summed E-state index contributed by atoms with van der Waals surface area (Å²) in [6, 6.07) is 17.0. The number of hydrogen-bond acceptors (Lipinski definition) is 2. The number of carbonyl (C=O) groups is 1. The first-order chi connectivity index (χ1) is 11.8. The number of nitrogens with one attached hydrogen (secondary N) is 1. The van der Waals surface area contributed by atoms with Crippen LogP contribution in [0.3, 0.4) is 0 Å².